The van der Waals surface area contributed by atoms with Crippen LogP contribution in [-0.4, -0.2) is 10.5 Å². The number of benzene rings is 1. The molecular weight excluding hydrogens is 340 g/mol. The predicted molar refractivity (Wildman–Crippen MR) is 107 cm³/mol. The molecular formula is C22H26N2O3. The quantitative estimate of drug-likeness (QED) is 0.727. The lowest BCUT2D eigenvalue weighted by molar-refractivity contribution is 0.0939. The van der Waals surface area contributed by atoms with Crippen molar-refractivity contribution in [2.45, 2.75) is 53.6 Å². The molecule has 1 amide bonds. The lowest BCUT2D eigenvalue weighted by Gasteiger charge is -2.17. The van der Waals surface area contributed by atoms with Crippen LogP contribution in [0.25, 0.3) is 11.0 Å². The van der Waals surface area contributed by atoms with Crippen molar-refractivity contribution < 1.29 is 9.21 Å². The van der Waals surface area contributed by atoms with E-state index >= 15 is 0 Å². The van der Waals surface area contributed by atoms with Gasteiger partial charge in [-0.05, 0) is 51.3 Å². The molecule has 1 aromatic carbocycles. The Kier molecular flexibility index (Phi) is 5.22. The zero-order valence-electron chi connectivity index (χ0n) is 16.6. The van der Waals surface area contributed by atoms with Gasteiger partial charge in [-0.3, -0.25) is 9.59 Å². The second kappa shape index (κ2) is 7.43. The van der Waals surface area contributed by atoms with Crippen LogP contribution in [0.2, 0.25) is 0 Å². The number of nitrogens with zero attached hydrogens (tertiary/aromatic N) is 1. The van der Waals surface area contributed by atoms with E-state index in [2.05, 4.69) is 11.4 Å². The minimum atomic E-state index is -0.287. The van der Waals surface area contributed by atoms with Gasteiger partial charge in [-0.15, -0.1) is 0 Å². The number of hydrogen-bond donors (Lipinski definition) is 1. The molecule has 142 valence electrons. The molecule has 1 atom stereocenters. The van der Waals surface area contributed by atoms with Gasteiger partial charge >= 0.3 is 0 Å². The standard InChI is InChI=1S/C22H26N2O3/c1-6-10-24-11-9-18-20(22(24)26)19(16(5)27-18)21(25)23-15(4)17-8-7-13(2)12-14(17)3/h7-9,11-12,15H,6,10H2,1-5H3,(H,23,25)/t15-/m1/s1. The van der Waals surface area contributed by atoms with Crippen LogP contribution in [0.5, 0.6) is 0 Å². The molecule has 3 aromatic rings. The first kappa shape index (κ1) is 19.0. The van der Waals surface area contributed by atoms with Crippen LogP contribution in [0.4, 0.5) is 0 Å². The Balaban J connectivity index is 1.99. The molecule has 0 radical (unpaired) electrons. The molecule has 5 nitrogen and oxygen atoms in total. The maximum atomic E-state index is 13.0. The average molecular weight is 366 g/mol. The topological polar surface area (TPSA) is 64.2 Å². The van der Waals surface area contributed by atoms with E-state index in [4.69, 9.17) is 4.42 Å². The number of fused-ring (bicyclic) bond motifs is 1. The Bertz CT molecular complexity index is 1060. The lowest BCUT2D eigenvalue weighted by Crippen LogP contribution is -2.29. The Hall–Kier alpha value is -2.82. The van der Waals surface area contributed by atoms with Gasteiger partial charge in [-0.25, -0.2) is 0 Å². The summed E-state index contributed by atoms with van der Waals surface area (Å²) >= 11 is 0. The van der Waals surface area contributed by atoms with Crippen LogP contribution in [0.1, 0.15) is 59.1 Å². The zero-order valence-corrected chi connectivity index (χ0v) is 16.6. The van der Waals surface area contributed by atoms with Crippen molar-refractivity contribution in [2.24, 2.45) is 0 Å². The van der Waals surface area contributed by atoms with Crippen LogP contribution < -0.4 is 10.9 Å². The number of pyridine rings is 1. The largest absolute Gasteiger partial charge is 0.460 e. The maximum Gasteiger partial charge on any atom is 0.262 e. The Morgan fingerprint density at radius 3 is 2.63 bits per heavy atom. The van der Waals surface area contributed by atoms with Crippen molar-refractivity contribution in [1.82, 2.24) is 9.88 Å². The lowest BCUT2D eigenvalue weighted by atomic mass is 10.00. The molecule has 0 saturated heterocycles. The van der Waals surface area contributed by atoms with Crippen LogP contribution >= 0.6 is 0 Å². The molecule has 0 aliphatic rings. The van der Waals surface area contributed by atoms with Gasteiger partial charge in [0.25, 0.3) is 11.5 Å². The van der Waals surface area contributed by atoms with Crippen molar-refractivity contribution in [2.75, 3.05) is 0 Å². The first-order valence-corrected chi connectivity index (χ1v) is 9.34. The number of nitrogens with one attached hydrogen (secondary N) is 1. The molecule has 3 rings (SSSR count). The van der Waals surface area contributed by atoms with Crippen molar-refractivity contribution in [3.8, 4) is 0 Å². The summed E-state index contributed by atoms with van der Waals surface area (Å²) in [6.07, 6.45) is 2.56. The number of furan rings is 1. The second-order valence-electron chi connectivity index (χ2n) is 7.14. The van der Waals surface area contributed by atoms with Crippen LogP contribution in [-0.2, 0) is 6.54 Å². The third kappa shape index (κ3) is 3.54. The summed E-state index contributed by atoms with van der Waals surface area (Å²) in [7, 11) is 0. The molecule has 0 bridgehead atoms. The molecule has 2 aromatic heterocycles. The predicted octanol–water partition coefficient (Wildman–Crippen LogP) is 4.42. The van der Waals surface area contributed by atoms with Crippen molar-refractivity contribution in [3.63, 3.8) is 0 Å². The summed E-state index contributed by atoms with van der Waals surface area (Å²) in [6.45, 7) is 10.4. The van der Waals surface area contributed by atoms with E-state index in [1.54, 1.807) is 23.8 Å². The third-order valence-electron chi connectivity index (χ3n) is 4.92. The van der Waals surface area contributed by atoms with Gasteiger partial charge in [-0.2, -0.15) is 0 Å². The molecule has 0 saturated carbocycles. The van der Waals surface area contributed by atoms with E-state index in [9.17, 15) is 9.59 Å². The van der Waals surface area contributed by atoms with Crippen molar-refractivity contribution >= 4 is 16.9 Å². The number of amides is 1. The number of hydrogen-bond acceptors (Lipinski definition) is 3. The highest BCUT2D eigenvalue weighted by molar-refractivity contribution is 6.07. The summed E-state index contributed by atoms with van der Waals surface area (Å²) in [5, 5.41) is 3.38. The smallest absolute Gasteiger partial charge is 0.262 e. The minimum absolute atomic E-state index is 0.177. The Labute approximate surface area is 159 Å². The number of rotatable bonds is 5. The summed E-state index contributed by atoms with van der Waals surface area (Å²) < 4.78 is 7.31. The normalized spacial score (nSPS) is 12.3. The minimum Gasteiger partial charge on any atom is -0.460 e. The molecule has 2 heterocycles. The third-order valence-corrected chi connectivity index (χ3v) is 4.92. The summed E-state index contributed by atoms with van der Waals surface area (Å²) in [5.41, 5.74) is 3.97. The van der Waals surface area contributed by atoms with Crippen LogP contribution in [0.3, 0.4) is 0 Å². The van der Waals surface area contributed by atoms with Gasteiger partial charge in [0.15, 0.2) is 0 Å². The Morgan fingerprint density at radius 1 is 1.22 bits per heavy atom. The first-order chi connectivity index (χ1) is 12.8. The highest BCUT2D eigenvalue weighted by Gasteiger charge is 2.23. The van der Waals surface area contributed by atoms with E-state index < -0.39 is 0 Å². The monoisotopic (exact) mass is 366 g/mol. The van der Waals surface area contributed by atoms with Gasteiger partial charge in [-0.1, -0.05) is 30.7 Å². The number of carbonyl (C=O) groups excluding carboxylic acids is 1. The molecule has 0 unspecified atom stereocenters. The van der Waals surface area contributed by atoms with Crippen molar-refractivity contribution in [3.05, 3.63) is 68.8 Å². The number of carbonyl (C=O) groups is 1. The van der Waals surface area contributed by atoms with Gasteiger partial charge in [0, 0.05) is 12.7 Å². The molecule has 1 N–H and O–H groups in total. The number of aryl methyl sites for hydroxylation is 4. The second-order valence-corrected chi connectivity index (χ2v) is 7.14. The fourth-order valence-electron chi connectivity index (χ4n) is 3.61. The maximum absolute atomic E-state index is 13.0. The average Bonchev–Trinajstić information content (AvgIpc) is 2.94. The highest BCUT2D eigenvalue weighted by atomic mass is 16.3. The summed E-state index contributed by atoms with van der Waals surface area (Å²) in [4.78, 5) is 25.8. The van der Waals surface area contributed by atoms with E-state index in [0.29, 0.717) is 28.8 Å². The van der Waals surface area contributed by atoms with Gasteiger partial charge in [0.2, 0.25) is 0 Å². The van der Waals surface area contributed by atoms with E-state index in [-0.39, 0.29) is 17.5 Å². The SMILES string of the molecule is CCCn1ccc2oc(C)c(C(=O)N[C@H](C)c3ccc(C)cc3C)c2c1=O. The zero-order chi connectivity index (χ0) is 19.7. The highest BCUT2D eigenvalue weighted by Crippen LogP contribution is 2.24. The molecule has 0 spiro atoms. The fourth-order valence-corrected chi connectivity index (χ4v) is 3.61. The molecule has 27 heavy (non-hydrogen) atoms. The molecule has 0 fully saturated rings. The van der Waals surface area contributed by atoms with E-state index in [1.165, 1.54) is 5.56 Å². The van der Waals surface area contributed by atoms with E-state index in [0.717, 1.165) is 17.5 Å². The van der Waals surface area contributed by atoms with Gasteiger partial charge in [0.05, 0.1) is 17.0 Å². The van der Waals surface area contributed by atoms with Crippen LogP contribution in [0, 0.1) is 20.8 Å². The van der Waals surface area contributed by atoms with Crippen LogP contribution in [0.15, 0.2) is 39.7 Å². The molecule has 5 heteroatoms. The van der Waals surface area contributed by atoms with E-state index in [1.807, 2.05) is 39.8 Å². The van der Waals surface area contributed by atoms with Gasteiger partial charge in [0.1, 0.15) is 11.3 Å². The first-order valence-electron chi connectivity index (χ1n) is 9.34. The molecule has 0 aliphatic heterocycles. The summed E-state index contributed by atoms with van der Waals surface area (Å²) in [6, 6.07) is 7.74. The van der Waals surface area contributed by atoms with Crippen molar-refractivity contribution in [1.29, 1.82) is 0 Å². The molecule has 0 aliphatic carbocycles. The fraction of sp³-hybridized carbons (Fsp3) is 0.364. The number of aromatic nitrogens is 1. The van der Waals surface area contributed by atoms with Gasteiger partial charge < -0.3 is 14.3 Å². The summed E-state index contributed by atoms with van der Waals surface area (Å²) in [5.74, 6) is 0.173. The Morgan fingerprint density at radius 2 is 1.96 bits per heavy atom.